The van der Waals surface area contributed by atoms with Gasteiger partial charge in [-0.2, -0.15) is 5.10 Å². The van der Waals surface area contributed by atoms with E-state index in [1.54, 1.807) is 12.5 Å². The van der Waals surface area contributed by atoms with E-state index in [-0.39, 0.29) is 11.9 Å². The van der Waals surface area contributed by atoms with Gasteiger partial charge in [-0.15, -0.1) is 0 Å². The quantitative estimate of drug-likeness (QED) is 0.738. The first-order valence-corrected chi connectivity index (χ1v) is 8.90. The first kappa shape index (κ1) is 16.5. The van der Waals surface area contributed by atoms with Gasteiger partial charge in [-0.1, -0.05) is 6.07 Å². The SMILES string of the molecule is CC(=O)N[C@@H](Cc1cnc[nH]1)c1nc(C)nn1-c1ccc2c(c1)CCC2. The van der Waals surface area contributed by atoms with E-state index in [2.05, 4.69) is 43.6 Å². The minimum Gasteiger partial charge on any atom is -0.348 e. The van der Waals surface area contributed by atoms with Crippen molar-refractivity contribution in [3.63, 3.8) is 0 Å². The second kappa shape index (κ2) is 6.74. The lowest BCUT2D eigenvalue weighted by molar-refractivity contribution is -0.119. The van der Waals surface area contributed by atoms with Gasteiger partial charge in [-0.25, -0.2) is 14.6 Å². The Labute approximate surface area is 151 Å². The van der Waals surface area contributed by atoms with Crippen molar-refractivity contribution in [3.8, 4) is 5.69 Å². The molecule has 0 spiro atoms. The lowest BCUT2D eigenvalue weighted by Crippen LogP contribution is -2.30. The Morgan fingerprint density at radius 3 is 2.96 bits per heavy atom. The van der Waals surface area contributed by atoms with E-state index >= 15 is 0 Å². The van der Waals surface area contributed by atoms with Crippen LogP contribution in [-0.4, -0.2) is 30.6 Å². The molecule has 0 saturated heterocycles. The normalized spacial score (nSPS) is 14.2. The van der Waals surface area contributed by atoms with Crippen molar-refractivity contribution in [3.05, 3.63) is 59.2 Å². The zero-order valence-electron chi connectivity index (χ0n) is 15.0. The van der Waals surface area contributed by atoms with Gasteiger partial charge < -0.3 is 10.3 Å². The predicted molar refractivity (Wildman–Crippen MR) is 97.0 cm³/mol. The Balaban J connectivity index is 1.73. The summed E-state index contributed by atoms with van der Waals surface area (Å²) in [6.07, 6.45) is 7.43. The third-order valence-corrected chi connectivity index (χ3v) is 4.73. The summed E-state index contributed by atoms with van der Waals surface area (Å²) in [6.45, 7) is 3.39. The maximum atomic E-state index is 11.8. The molecule has 2 N–H and O–H groups in total. The largest absolute Gasteiger partial charge is 0.348 e. The molecule has 134 valence electrons. The maximum Gasteiger partial charge on any atom is 0.217 e. The molecule has 0 bridgehead atoms. The van der Waals surface area contributed by atoms with Crippen LogP contribution in [0.3, 0.4) is 0 Å². The van der Waals surface area contributed by atoms with Crippen molar-refractivity contribution in [2.24, 2.45) is 0 Å². The number of carbonyl (C=O) groups is 1. The van der Waals surface area contributed by atoms with Crippen LogP contribution in [-0.2, 0) is 24.1 Å². The van der Waals surface area contributed by atoms with Crippen LogP contribution in [0.2, 0.25) is 0 Å². The molecule has 1 amide bonds. The summed E-state index contributed by atoms with van der Waals surface area (Å²) < 4.78 is 1.85. The first-order chi connectivity index (χ1) is 12.6. The van der Waals surface area contributed by atoms with Gasteiger partial charge in [0.25, 0.3) is 0 Å². The van der Waals surface area contributed by atoms with E-state index in [1.165, 1.54) is 24.5 Å². The highest BCUT2D eigenvalue weighted by Crippen LogP contribution is 2.26. The molecule has 3 aromatic rings. The Kier molecular flexibility index (Phi) is 4.28. The van der Waals surface area contributed by atoms with Crippen LogP contribution in [0.5, 0.6) is 0 Å². The number of carbonyl (C=O) groups excluding carboxylic acids is 1. The molecule has 0 saturated carbocycles. The second-order valence-electron chi connectivity index (χ2n) is 6.77. The molecule has 1 aromatic carbocycles. The second-order valence-corrected chi connectivity index (χ2v) is 6.77. The number of benzene rings is 1. The van der Waals surface area contributed by atoms with Gasteiger partial charge in [0.2, 0.25) is 5.91 Å². The Morgan fingerprint density at radius 2 is 2.19 bits per heavy atom. The molecule has 0 fully saturated rings. The van der Waals surface area contributed by atoms with Gasteiger partial charge in [0.05, 0.1) is 18.1 Å². The molecule has 7 heteroatoms. The number of aryl methyl sites for hydroxylation is 3. The third kappa shape index (κ3) is 3.24. The fourth-order valence-corrected chi connectivity index (χ4v) is 3.61. The summed E-state index contributed by atoms with van der Waals surface area (Å²) in [7, 11) is 0. The standard InChI is InChI=1S/C19H22N6O/c1-12-22-19(18(23-13(2)26)9-16-10-20-11-21-16)25(24-12)17-7-6-14-4-3-5-15(14)8-17/h6-8,10-11,18H,3-5,9H2,1-2H3,(H,20,21)(H,23,26)/t18-/m0/s1. The Morgan fingerprint density at radius 1 is 1.35 bits per heavy atom. The summed E-state index contributed by atoms with van der Waals surface area (Å²) >= 11 is 0. The van der Waals surface area contributed by atoms with Crippen LogP contribution in [0.15, 0.2) is 30.7 Å². The van der Waals surface area contributed by atoms with Crippen molar-refractivity contribution >= 4 is 5.91 Å². The summed E-state index contributed by atoms with van der Waals surface area (Å²) in [5, 5.41) is 7.59. The number of hydrogen-bond acceptors (Lipinski definition) is 4. The van der Waals surface area contributed by atoms with Gasteiger partial charge in [0, 0.05) is 25.2 Å². The fraction of sp³-hybridized carbons (Fsp3) is 0.368. The average Bonchev–Trinajstić information content (AvgIpc) is 3.33. The zero-order valence-corrected chi connectivity index (χ0v) is 15.0. The lowest BCUT2D eigenvalue weighted by Gasteiger charge is -2.18. The van der Waals surface area contributed by atoms with Crippen LogP contribution in [0.1, 0.15) is 47.9 Å². The molecular weight excluding hydrogens is 328 g/mol. The van der Waals surface area contributed by atoms with Crippen molar-refractivity contribution in [2.45, 2.75) is 45.6 Å². The molecule has 1 aliphatic rings. The number of aromatic amines is 1. The number of aromatic nitrogens is 5. The van der Waals surface area contributed by atoms with Crippen LogP contribution < -0.4 is 5.32 Å². The van der Waals surface area contributed by atoms with E-state index in [0.29, 0.717) is 12.2 Å². The highest BCUT2D eigenvalue weighted by atomic mass is 16.1. The molecule has 2 aromatic heterocycles. The molecule has 0 radical (unpaired) electrons. The molecule has 2 heterocycles. The van der Waals surface area contributed by atoms with E-state index in [0.717, 1.165) is 30.0 Å². The highest BCUT2D eigenvalue weighted by Gasteiger charge is 2.23. The van der Waals surface area contributed by atoms with Crippen LogP contribution >= 0.6 is 0 Å². The monoisotopic (exact) mass is 350 g/mol. The zero-order chi connectivity index (χ0) is 18.1. The van der Waals surface area contributed by atoms with Crippen LogP contribution in [0.25, 0.3) is 5.69 Å². The van der Waals surface area contributed by atoms with Gasteiger partial charge in [0.1, 0.15) is 5.82 Å². The molecule has 1 aliphatic carbocycles. The van der Waals surface area contributed by atoms with Crippen molar-refractivity contribution in [1.29, 1.82) is 0 Å². The number of fused-ring (bicyclic) bond motifs is 1. The van der Waals surface area contributed by atoms with Gasteiger partial charge in [-0.3, -0.25) is 4.79 Å². The average molecular weight is 350 g/mol. The smallest absolute Gasteiger partial charge is 0.217 e. The van der Waals surface area contributed by atoms with Gasteiger partial charge >= 0.3 is 0 Å². The number of H-pyrrole nitrogens is 1. The molecule has 7 nitrogen and oxygen atoms in total. The predicted octanol–water partition coefficient (Wildman–Crippen LogP) is 2.21. The van der Waals surface area contributed by atoms with Crippen molar-refractivity contribution < 1.29 is 4.79 Å². The molecule has 1 atom stereocenters. The lowest BCUT2D eigenvalue weighted by atomic mass is 10.1. The molecular formula is C19H22N6O. The number of nitrogens with zero attached hydrogens (tertiary/aromatic N) is 4. The van der Waals surface area contributed by atoms with E-state index in [1.807, 2.05) is 11.6 Å². The number of amides is 1. The topological polar surface area (TPSA) is 88.5 Å². The van der Waals surface area contributed by atoms with E-state index < -0.39 is 0 Å². The Bertz CT molecular complexity index is 928. The molecule has 0 aliphatic heterocycles. The fourth-order valence-electron chi connectivity index (χ4n) is 3.61. The van der Waals surface area contributed by atoms with E-state index in [9.17, 15) is 4.79 Å². The number of rotatable bonds is 5. The minimum absolute atomic E-state index is 0.101. The molecule has 26 heavy (non-hydrogen) atoms. The van der Waals surface area contributed by atoms with Crippen LogP contribution in [0, 0.1) is 6.92 Å². The number of hydrogen-bond donors (Lipinski definition) is 2. The van der Waals surface area contributed by atoms with Crippen molar-refractivity contribution in [1.82, 2.24) is 30.0 Å². The number of imidazole rings is 1. The van der Waals surface area contributed by atoms with Crippen LogP contribution in [0.4, 0.5) is 0 Å². The van der Waals surface area contributed by atoms with Gasteiger partial charge in [0.15, 0.2) is 5.82 Å². The van der Waals surface area contributed by atoms with Crippen molar-refractivity contribution in [2.75, 3.05) is 0 Å². The minimum atomic E-state index is -0.289. The van der Waals surface area contributed by atoms with E-state index in [4.69, 9.17) is 0 Å². The third-order valence-electron chi connectivity index (χ3n) is 4.73. The first-order valence-electron chi connectivity index (χ1n) is 8.90. The maximum absolute atomic E-state index is 11.8. The molecule has 0 unspecified atom stereocenters. The Hall–Kier alpha value is -2.96. The molecule has 4 rings (SSSR count). The summed E-state index contributed by atoms with van der Waals surface area (Å²) in [5.74, 6) is 1.31. The summed E-state index contributed by atoms with van der Waals surface area (Å²) in [6, 6.07) is 6.17. The summed E-state index contributed by atoms with van der Waals surface area (Å²) in [4.78, 5) is 23.5. The highest BCUT2D eigenvalue weighted by molar-refractivity contribution is 5.73. The summed E-state index contributed by atoms with van der Waals surface area (Å²) in [5.41, 5.74) is 4.72. The van der Waals surface area contributed by atoms with Gasteiger partial charge in [-0.05, 0) is 49.4 Å². The number of nitrogens with one attached hydrogen (secondary N) is 2.